The maximum absolute atomic E-state index is 12.5. The lowest BCUT2D eigenvalue weighted by Crippen LogP contribution is -2.28. The molecule has 0 saturated heterocycles. The fourth-order valence-corrected chi connectivity index (χ4v) is 3.58. The van der Waals surface area contributed by atoms with Gasteiger partial charge in [0.2, 0.25) is 5.91 Å². The molecule has 0 heterocycles. The molecule has 0 radical (unpaired) electrons. The van der Waals surface area contributed by atoms with Crippen LogP contribution in [0.5, 0.6) is 0 Å². The number of aliphatic hydroxyl groups excluding tert-OH is 1. The summed E-state index contributed by atoms with van der Waals surface area (Å²) < 4.78 is 5.29. The van der Waals surface area contributed by atoms with Crippen LogP contribution in [-0.4, -0.2) is 29.2 Å². The summed E-state index contributed by atoms with van der Waals surface area (Å²) in [6.45, 7) is 7.12. The van der Waals surface area contributed by atoms with Crippen LogP contribution in [0.1, 0.15) is 51.2 Å². The molecule has 2 unspecified atom stereocenters. The van der Waals surface area contributed by atoms with Crippen LogP contribution in [0.15, 0.2) is 42.5 Å². The molecule has 5 heteroatoms. The number of esters is 1. The van der Waals surface area contributed by atoms with Gasteiger partial charge in [-0.1, -0.05) is 37.3 Å². The Morgan fingerprint density at radius 1 is 1.11 bits per heavy atom. The molecule has 0 aliphatic heterocycles. The third-order valence-corrected chi connectivity index (χ3v) is 4.84. The van der Waals surface area contributed by atoms with Crippen LogP contribution in [0.2, 0.25) is 0 Å². The molecule has 148 valence electrons. The Morgan fingerprint density at radius 3 is 2.46 bits per heavy atom. The highest BCUT2D eigenvalue weighted by molar-refractivity contribution is 5.95. The summed E-state index contributed by atoms with van der Waals surface area (Å²) in [4.78, 5) is 24.5. The van der Waals surface area contributed by atoms with Gasteiger partial charge >= 0.3 is 5.97 Å². The number of hydrogen-bond acceptors (Lipinski definition) is 4. The largest absolute Gasteiger partial charge is 0.460 e. The van der Waals surface area contributed by atoms with Crippen molar-refractivity contribution < 1.29 is 19.4 Å². The zero-order valence-corrected chi connectivity index (χ0v) is 16.8. The van der Waals surface area contributed by atoms with Crippen molar-refractivity contribution in [1.82, 2.24) is 0 Å². The van der Waals surface area contributed by atoms with Crippen molar-refractivity contribution in [2.24, 2.45) is 5.92 Å². The number of fused-ring (bicyclic) bond motifs is 3. The SMILES string of the molecule is CC(CC(=O)OC(C)(C)C)C(=O)Nc1ccc2c(c1)C(CO)c1ccccc1-2. The Bertz CT molecular complexity index is 898. The molecule has 2 aromatic carbocycles. The number of rotatable bonds is 5. The van der Waals surface area contributed by atoms with Crippen LogP contribution in [0.3, 0.4) is 0 Å². The average molecular weight is 381 g/mol. The number of hydrogen-bond donors (Lipinski definition) is 2. The molecule has 5 nitrogen and oxygen atoms in total. The van der Waals surface area contributed by atoms with E-state index in [2.05, 4.69) is 5.32 Å². The summed E-state index contributed by atoms with van der Waals surface area (Å²) >= 11 is 0. The maximum Gasteiger partial charge on any atom is 0.307 e. The van der Waals surface area contributed by atoms with Crippen molar-refractivity contribution in [3.63, 3.8) is 0 Å². The van der Waals surface area contributed by atoms with Gasteiger partial charge in [-0.3, -0.25) is 9.59 Å². The van der Waals surface area contributed by atoms with Crippen LogP contribution >= 0.6 is 0 Å². The van der Waals surface area contributed by atoms with E-state index in [1.807, 2.05) is 42.5 Å². The van der Waals surface area contributed by atoms with E-state index < -0.39 is 11.5 Å². The number of carbonyl (C=O) groups excluding carboxylic acids is 2. The Labute approximate surface area is 165 Å². The van der Waals surface area contributed by atoms with Crippen LogP contribution in [0.4, 0.5) is 5.69 Å². The molecular weight excluding hydrogens is 354 g/mol. The minimum atomic E-state index is -0.568. The Hall–Kier alpha value is -2.66. The van der Waals surface area contributed by atoms with Gasteiger partial charge in [0.15, 0.2) is 0 Å². The van der Waals surface area contributed by atoms with E-state index >= 15 is 0 Å². The van der Waals surface area contributed by atoms with E-state index in [-0.39, 0.29) is 30.8 Å². The molecule has 28 heavy (non-hydrogen) atoms. The number of ether oxygens (including phenoxy) is 1. The Kier molecular flexibility index (Phi) is 5.57. The summed E-state index contributed by atoms with van der Waals surface area (Å²) in [6, 6.07) is 13.8. The van der Waals surface area contributed by atoms with E-state index in [9.17, 15) is 14.7 Å². The summed E-state index contributed by atoms with van der Waals surface area (Å²) in [5.74, 6) is -1.22. The number of anilines is 1. The lowest BCUT2D eigenvalue weighted by Gasteiger charge is -2.21. The van der Waals surface area contributed by atoms with Crippen molar-refractivity contribution in [2.75, 3.05) is 11.9 Å². The number of aliphatic hydroxyl groups is 1. The van der Waals surface area contributed by atoms with Gasteiger partial charge in [0.25, 0.3) is 0 Å². The molecule has 0 fully saturated rings. The van der Waals surface area contributed by atoms with Gasteiger partial charge in [0, 0.05) is 17.5 Å². The predicted octanol–water partition coefficient (Wildman–Crippen LogP) is 4.10. The fourth-order valence-electron chi connectivity index (χ4n) is 3.58. The Morgan fingerprint density at radius 2 is 1.79 bits per heavy atom. The molecule has 0 spiro atoms. The van der Waals surface area contributed by atoms with Crippen LogP contribution in [0.25, 0.3) is 11.1 Å². The van der Waals surface area contributed by atoms with Crippen LogP contribution in [-0.2, 0) is 14.3 Å². The normalized spacial score (nSPS) is 16.1. The summed E-state index contributed by atoms with van der Waals surface area (Å²) in [6.07, 6.45) is 0.0265. The summed E-state index contributed by atoms with van der Waals surface area (Å²) in [5, 5.41) is 12.8. The number of benzene rings is 2. The Balaban J connectivity index is 1.72. The third-order valence-electron chi connectivity index (χ3n) is 4.84. The van der Waals surface area contributed by atoms with Gasteiger partial charge in [-0.25, -0.2) is 0 Å². The minimum absolute atomic E-state index is 0.0104. The van der Waals surface area contributed by atoms with E-state index in [1.165, 1.54) is 0 Å². The molecule has 2 aromatic rings. The smallest absolute Gasteiger partial charge is 0.307 e. The highest BCUT2D eigenvalue weighted by Crippen LogP contribution is 2.45. The van der Waals surface area contributed by atoms with Gasteiger partial charge in [0.05, 0.1) is 13.0 Å². The second kappa shape index (κ2) is 7.76. The molecule has 0 bridgehead atoms. The zero-order chi connectivity index (χ0) is 20.5. The molecular formula is C23H27NO4. The second-order valence-electron chi connectivity index (χ2n) is 8.31. The van der Waals surface area contributed by atoms with Crippen LogP contribution < -0.4 is 5.32 Å². The van der Waals surface area contributed by atoms with Crippen molar-refractivity contribution in [2.45, 2.75) is 45.6 Å². The number of carbonyl (C=O) groups is 2. The molecule has 1 aliphatic rings. The van der Waals surface area contributed by atoms with Crippen molar-refractivity contribution in [3.05, 3.63) is 53.6 Å². The van der Waals surface area contributed by atoms with Gasteiger partial charge in [-0.2, -0.15) is 0 Å². The highest BCUT2D eigenvalue weighted by atomic mass is 16.6. The van der Waals surface area contributed by atoms with E-state index in [1.54, 1.807) is 27.7 Å². The lowest BCUT2D eigenvalue weighted by molar-refractivity contribution is -0.156. The van der Waals surface area contributed by atoms with Crippen molar-refractivity contribution >= 4 is 17.6 Å². The van der Waals surface area contributed by atoms with Crippen LogP contribution in [0, 0.1) is 5.92 Å². The summed E-state index contributed by atoms with van der Waals surface area (Å²) in [7, 11) is 0. The topological polar surface area (TPSA) is 75.6 Å². The van der Waals surface area contributed by atoms with Gasteiger partial charge in [-0.15, -0.1) is 0 Å². The quantitative estimate of drug-likeness (QED) is 0.765. The average Bonchev–Trinajstić information content (AvgIpc) is 2.92. The van der Waals surface area contributed by atoms with Crippen molar-refractivity contribution in [1.29, 1.82) is 0 Å². The monoisotopic (exact) mass is 381 g/mol. The fraction of sp³-hybridized carbons (Fsp3) is 0.391. The number of nitrogens with one attached hydrogen (secondary N) is 1. The lowest BCUT2D eigenvalue weighted by atomic mass is 9.97. The molecule has 2 N–H and O–H groups in total. The zero-order valence-electron chi connectivity index (χ0n) is 16.8. The first-order valence-corrected chi connectivity index (χ1v) is 9.56. The third kappa shape index (κ3) is 4.25. The molecule has 1 amide bonds. The standard InChI is InChI=1S/C23H27NO4/c1-14(11-21(26)28-23(2,3)4)22(27)24-15-9-10-18-16-7-5-6-8-17(16)20(13-25)19(18)12-15/h5-10,12,14,20,25H,11,13H2,1-4H3,(H,24,27). The predicted molar refractivity (Wildman–Crippen MR) is 109 cm³/mol. The van der Waals surface area contributed by atoms with E-state index in [0.717, 1.165) is 22.3 Å². The van der Waals surface area contributed by atoms with E-state index in [4.69, 9.17) is 4.74 Å². The van der Waals surface area contributed by atoms with Gasteiger partial charge < -0.3 is 15.2 Å². The highest BCUT2D eigenvalue weighted by Gasteiger charge is 2.28. The maximum atomic E-state index is 12.5. The molecule has 0 aromatic heterocycles. The first kappa shape index (κ1) is 20.1. The minimum Gasteiger partial charge on any atom is -0.460 e. The number of amides is 1. The van der Waals surface area contributed by atoms with Gasteiger partial charge in [0.1, 0.15) is 5.60 Å². The van der Waals surface area contributed by atoms with Crippen molar-refractivity contribution in [3.8, 4) is 11.1 Å². The van der Waals surface area contributed by atoms with E-state index in [0.29, 0.717) is 5.69 Å². The first-order chi connectivity index (χ1) is 13.2. The molecule has 1 aliphatic carbocycles. The first-order valence-electron chi connectivity index (χ1n) is 9.56. The molecule has 0 saturated carbocycles. The molecule has 2 atom stereocenters. The molecule has 3 rings (SSSR count). The van der Waals surface area contributed by atoms with Gasteiger partial charge in [-0.05, 0) is 55.2 Å². The second-order valence-corrected chi connectivity index (χ2v) is 8.31. The summed E-state index contributed by atoms with van der Waals surface area (Å²) in [5.41, 5.74) is 4.39.